The summed E-state index contributed by atoms with van der Waals surface area (Å²) in [6.07, 6.45) is 1.57. The normalized spacial score (nSPS) is 12.2. The smallest absolute Gasteiger partial charge is 0.232 e. The molecule has 0 aromatic heterocycles. The van der Waals surface area contributed by atoms with Gasteiger partial charge in [-0.05, 0) is 29.4 Å². The van der Waals surface area contributed by atoms with Crippen LogP contribution in [0.2, 0.25) is 0 Å². The van der Waals surface area contributed by atoms with Crippen molar-refractivity contribution < 1.29 is 8.42 Å². The first kappa shape index (κ1) is 17.0. The van der Waals surface area contributed by atoms with E-state index in [0.29, 0.717) is 6.42 Å². The Bertz CT molecular complexity index is 507. The quantitative estimate of drug-likeness (QED) is 0.806. The molecule has 1 aromatic carbocycles. The Balaban J connectivity index is 3.20. The van der Waals surface area contributed by atoms with Crippen LogP contribution in [0.4, 0.5) is 5.69 Å². The van der Waals surface area contributed by atoms with E-state index in [1.807, 2.05) is 25.1 Å². The van der Waals surface area contributed by atoms with Crippen molar-refractivity contribution in [2.24, 2.45) is 0 Å². The molecule has 0 spiro atoms. The van der Waals surface area contributed by atoms with Gasteiger partial charge in [-0.3, -0.25) is 4.72 Å². The largest absolute Gasteiger partial charge is 0.283 e. The van der Waals surface area contributed by atoms with E-state index in [1.54, 1.807) is 0 Å². The SMILES string of the molecule is CCCCS(=O)(=O)Nc1c(C(C)C)cccc1C(C)C. The number of sulfonamides is 1. The van der Waals surface area contributed by atoms with Crippen LogP contribution in [0.1, 0.15) is 70.4 Å². The third kappa shape index (κ3) is 4.51. The summed E-state index contributed by atoms with van der Waals surface area (Å²) in [7, 11) is -3.26. The lowest BCUT2D eigenvalue weighted by Gasteiger charge is -2.20. The van der Waals surface area contributed by atoms with Gasteiger partial charge in [-0.1, -0.05) is 59.2 Å². The summed E-state index contributed by atoms with van der Waals surface area (Å²) in [4.78, 5) is 0. The van der Waals surface area contributed by atoms with Gasteiger partial charge in [0, 0.05) is 0 Å². The van der Waals surface area contributed by atoms with Gasteiger partial charge in [0.25, 0.3) is 0 Å². The second-order valence-electron chi connectivity index (χ2n) is 5.90. The average molecular weight is 297 g/mol. The van der Waals surface area contributed by atoms with Crippen LogP contribution >= 0.6 is 0 Å². The van der Waals surface area contributed by atoms with E-state index < -0.39 is 10.0 Å². The monoisotopic (exact) mass is 297 g/mol. The molecule has 0 saturated carbocycles. The Hall–Kier alpha value is -1.03. The summed E-state index contributed by atoms with van der Waals surface area (Å²) in [6.45, 7) is 10.3. The maximum absolute atomic E-state index is 12.2. The Labute approximate surface area is 123 Å². The minimum absolute atomic E-state index is 0.188. The molecule has 0 amide bonds. The van der Waals surface area contributed by atoms with Crippen molar-refractivity contribution in [1.29, 1.82) is 0 Å². The second kappa shape index (κ2) is 7.11. The summed E-state index contributed by atoms with van der Waals surface area (Å²) in [5, 5.41) is 0. The van der Waals surface area contributed by atoms with E-state index in [4.69, 9.17) is 0 Å². The standard InChI is InChI=1S/C16H27NO2S/c1-6-7-11-20(18,19)17-16-14(12(2)3)9-8-10-15(16)13(4)5/h8-10,12-13,17H,6-7,11H2,1-5H3. The third-order valence-electron chi connectivity index (χ3n) is 3.40. The Morgan fingerprint density at radius 2 is 1.55 bits per heavy atom. The topological polar surface area (TPSA) is 46.2 Å². The van der Waals surface area contributed by atoms with Crippen LogP contribution in [-0.2, 0) is 10.0 Å². The summed E-state index contributed by atoms with van der Waals surface area (Å²) < 4.78 is 27.2. The first-order valence-electron chi connectivity index (χ1n) is 7.41. The highest BCUT2D eigenvalue weighted by molar-refractivity contribution is 7.92. The minimum atomic E-state index is -3.26. The van der Waals surface area contributed by atoms with E-state index in [0.717, 1.165) is 23.2 Å². The van der Waals surface area contributed by atoms with E-state index in [9.17, 15) is 8.42 Å². The van der Waals surface area contributed by atoms with Gasteiger partial charge in [-0.2, -0.15) is 0 Å². The first-order chi connectivity index (χ1) is 9.28. The molecule has 0 fully saturated rings. The van der Waals surface area contributed by atoms with Gasteiger partial charge >= 0.3 is 0 Å². The first-order valence-corrected chi connectivity index (χ1v) is 9.07. The highest BCUT2D eigenvalue weighted by Crippen LogP contribution is 2.33. The average Bonchev–Trinajstić information content (AvgIpc) is 2.35. The van der Waals surface area contributed by atoms with E-state index in [-0.39, 0.29) is 17.6 Å². The molecule has 0 radical (unpaired) electrons. The van der Waals surface area contributed by atoms with E-state index >= 15 is 0 Å². The molecule has 0 aliphatic rings. The Morgan fingerprint density at radius 3 is 1.95 bits per heavy atom. The summed E-state index contributed by atoms with van der Waals surface area (Å²) in [6, 6.07) is 6.02. The number of hydrogen-bond donors (Lipinski definition) is 1. The lowest BCUT2D eigenvalue weighted by atomic mass is 9.93. The number of para-hydroxylation sites is 1. The molecular weight excluding hydrogens is 270 g/mol. The van der Waals surface area contributed by atoms with Crippen LogP contribution in [-0.4, -0.2) is 14.2 Å². The lowest BCUT2D eigenvalue weighted by molar-refractivity contribution is 0.597. The molecule has 20 heavy (non-hydrogen) atoms. The molecule has 114 valence electrons. The van der Waals surface area contributed by atoms with Crippen LogP contribution in [0.3, 0.4) is 0 Å². The molecule has 0 atom stereocenters. The van der Waals surface area contributed by atoms with Gasteiger partial charge in [0.15, 0.2) is 0 Å². The second-order valence-corrected chi connectivity index (χ2v) is 7.74. The van der Waals surface area contributed by atoms with Crippen molar-refractivity contribution in [1.82, 2.24) is 0 Å². The van der Waals surface area contributed by atoms with Crippen molar-refractivity contribution in [2.45, 2.75) is 59.3 Å². The summed E-state index contributed by atoms with van der Waals surface area (Å²) >= 11 is 0. The fourth-order valence-corrected chi connectivity index (χ4v) is 3.53. The molecule has 1 rings (SSSR count). The highest BCUT2D eigenvalue weighted by Gasteiger charge is 2.18. The lowest BCUT2D eigenvalue weighted by Crippen LogP contribution is -2.19. The number of anilines is 1. The maximum Gasteiger partial charge on any atom is 0.232 e. The fraction of sp³-hybridized carbons (Fsp3) is 0.625. The van der Waals surface area contributed by atoms with Crippen molar-refractivity contribution in [3.8, 4) is 0 Å². The zero-order valence-electron chi connectivity index (χ0n) is 13.2. The number of hydrogen-bond acceptors (Lipinski definition) is 2. The van der Waals surface area contributed by atoms with E-state index in [1.165, 1.54) is 0 Å². The van der Waals surface area contributed by atoms with Gasteiger partial charge in [0.1, 0.15) is 0 Å². The predicted octanol–water partition coefficient (Wildman–Crippen LogP) is 4.48. The number of benzene rings is 1. The number of unbranched alkanes of at least 4 members (excludes halogenated alkanes) is 1. The molecule has 0 heterocycles. The van der Waals surface area contributed by atoms with Crippen molar-refractivity contribution in [2.75, 3.05) is 10.5 Å². The molecule has 0 aliphatic heterocycles. The van der Waals surface area contributed by atoms with Crippen LogP contribution in [0.15, 0.2) is 18.2 Å². The molecule has 0 saturated heterocycles. The van der Waals surface area contributed by atoms with Gasteiger partial charge in [0.05, 0.1) is 11.4 Å². The van der Waals surface area contributed by atoms with Crippen LogP contribution < -0.4 is 4.72 Å². The van der Waals surface area contributed by atoms with Gasteiger partial charge in [0.2, 0.25) is 10.0 Å². The molecule has 0 aliphatic carbocycles. The molecule has 1 N–H and O–H groups in total. The fourth-order valence-electron chi connectivity index (χ4n) is 2.21. The molecule has 3 nitrogen and oxygen atoms in total. The van der Waals surface area contributed by atoms with E-state index in [2.05, 4.69) is 32.4 Å². The van der Waals surface area contributed by atoms with Crippen LogP contribution in [0.25, 0.3) is 0 Å². The Morgan fingerprint density at radius 1 is 1.05 bits per heavy atom. The van der Waals surface area contributed by atoms with Crippen LogP contribution in [0, 0.1) is 0 Å². The number of nitrogens with one attached hydrogen (secondary N) is 1. The molecule has 4 heteroatoms. The van der Waals surface area contributed by atoms with Gasteiger partial charge < -0.3 is 0 Å². The third-order valence-corrected chi connectivity index (χ3v) is 4.74. The predicted molar refractivity (Wildman–Crippen MR) is 86.9 cm³/mol. The molecule has 0 unspecified atom stereocenters. The van der Waals surface area contributed by atoms with Crippen molar-refractivity contribution in [3.63, 3.8) is 0 Å². The van der Waals surface area contributed by atoms with Crippen LogP contribution in [0.5, 0.6) is 0 Å². The van der Waals surface area contributed by atoms with Gasteiger partial charge in [-0.25, -0.2) is 8.42 Å². The zero-order valence-corrected chi connectivity index (χ0v) is 14.0. The summed E-state index contributed by atoms with van der Waals surface area (Å²) in [5.74, 6) is 0.767. The van der Waals surface area contributed by atoms with Crippen molar-refractivity contribution in [3.05, 3.63) is 29.3 Å². The highest BCUT2D eigenvalue weighted by atomic mass is 32.2. The van der Waals surface area contributed by atoms with Gasteiger partial charge in [-0.15, -0.1) is 0 Å². The minimum Gasteiger partial charge on any atom is -0.283 e. The Kier molecular flexibility index (Phi) is 6.06. The molecular formula is C16H27NO2S. The number of rotatable bonds is 7. The van der Waals surface area contributed by atoms with Crippen molar-refractivity contribution >= 4 is 15.7 Å². The molecule has 0 bridgehead atoms. The summed E-state index contributed by atoms with van der Waals surface area (Å²) in [5.41, 5.74) is 2.92. The zero-order chi connectivity index (χ0) is 15.3. The molecule has 1 aromatic rings. The maximum atomic E-state index is 12.2.